The molecule has 0 N–H and O–H groups in total. The highest BCUT2D eigenvalue weighted by atomic mass is 16.1. The van der Waals surface area contributed by atoms with Gasteiger partial charge in [-0.15, -0.1) is 12.3 Å². The van der Waals surface area contributed by atoms with E-state index in [1.165, 1.54) is 38.5 Å². The Hall–Kier alpha value is -0.770. The number of carbonyl (C=O) groups excluding carboxylic acids is 1. The van der Waals surface area contributed by atoms with Crippen molar-refractivity contribution in [3.63, 3.8) is 0 Å². The van der Waals surface area contributed by atoms with Crippen LogP contribution in [0.5, 0.6) is 0 Å². The molecular weight excluding hydrogens is 220 g/mol. The van der Waals surface area contributed by atoms with Gasteiger partial charge in [0.05, 0.1) is 0 Å². The standard InChI is InChI=1S/C17H24O/c1-2-3-4-5-16(18)12-17-9-13-6-14(10-17)8-15(7-13)11-17/h1,13-15H,3-12H2. The zero-order valence-electron chi connectivity index (χ0n) is 11.3. The van der Waals surface area contributed by atoms with Gasteiger partial charge in [-0.1, -0.05) is 0 Å². The van der Waals surface area contributed by atoms with Gasteiger partial charge in [0.1, 0.15) is 5.78 Å². The van der Waals surface area contributed by atoms with Crippen LogP contribution in [0.25, 0.3) is 0 Å². The minimum Gasteiger partial charge on any atom is -0.300 e. The summed E-state index contributed by atoms with van der Waals surface area (Å²) < 4.78 is 0. The SMILES string of the molecule is C#CCCCC(=O)CC12CC3CC(CC(C3)C1)C2. The summed E-state index contributed by atoms with van der Waals surface area (Å²) in [6.07, 6.45) is 16.9. The maximum absolute atomic E-state index is 12.1. The van der Waals surface area contributed by atoms with Crippen molar-refractivity contribution in [2.75, 3.05) is 0 Å². The number of rotatable bonds is 5. The van der Waals surface area contributed by atoms with Gasteiger partial charge in [0.25, 0.3) is 0 Å². The minimum absolute atomic E-state index is 0.419. The van der Waals surface area contributed by atoms with E-state index in [-0.39, 0.29) is 0 Å². The van der Waals surface area contributed by atoms with Gasteiger partial charge in [0.15, 0.2) is 0 Å². The minimum atomic E-state index is 0.419. The van der Waals surface area contributed by atoms with E-state index in [4.69, 9.17) is 6.42 Å². The smallest absolute Gasteiger partial charge is 0.133 e. The summed E-state index contributed by atoms with van der Waals surface area (Å²) in [7, 11) is 0. The zero-order chi connectivity index (χ0) is 12.6. The number of hydrogen-bond donors (Lipinski definition) is 0. The molecule has 4 bridgehead atoms. The van der Waals surface area contributed by atoms with E-state index in [0.29, 0.717) is 17.6 Å². The molecule has 4 fully saturated rings. The van der Waals surface area contributed by atoms with Crippen LogP contribution in [0, 0.1) is 35.5 Å². The molecule has 1 nitrogen and oxygen atoms in total. The molecule has 4 saturated carbocycles. The first-order valence-corrected chi connectivity index (χ1v) is 7.64. The van der Waals surface area contributed by atoms with E-state index in [0.717, 1.165) is 37.0 Å². The van der Waals surface area contributed by atoms with Crippen LogP contribution in [0.4, 0.5) is 0 Å². The maximum atomic E-state index is 12.1. The van der Waals surface area contributed by atoms with Crippen LogP contribution in [-0.4, -0.2) is 5.78 Å². The molecule has 4 rings (SSSR count). The van der Waals surface area contributed by atoms with Gasteiger partial charge < -0.3 is 0 Å². The van der Waals surface area contributed by atoms with Crippen LogP contribution in [0.2, 0.25) is 0 Å². The van der Waals surface area contributed by atoms with Crippen molar-refractivity contribution >= 4 is 5.78 Å². The van der Waals surface area contributed by atoms with E-state index in [2.05, 4.69) is 5.92 Å². The number of Topliss-reactive ketones (excluding diaryl/α,β-unsaturated/α-hetero) is 1. The molecule has 18 heavy (non-hydrogen) atoms. The van der Waals surface area contributed by atoms with Crippen molar-refractivity contribution < 1.29 is 4.79 Å². The summed E-state index contributed by atoms with van der Waals surface area (Å²) in [6.45, 7) is 0. The molecule has 0 aromatic rings. The molecule has 98 valence electrons. The number of terminal acetylenes is 1. The highest BCUT2D eigenvalue weighted by Crippen LogP contribution is 2.61. The van der Waals surface area contributed by atoms with E-state index < -0.39 is 0 Å². The Labute approximate surface area is 111 Å². The summed E-state index contributed by atoms with van der Waals surface area (Å²) in [5, 5.41) is 0. The monoisotopic (exact) mass is 244 g/mol. The lowest BCUT2D eigenvalue weighted by Gasteiger charge is -2.56. The Morgan fingerprint density at radius 2 is 1.67 bits per heavy atom. The number of unbranched alkanes of at least 4 members (excludes halogenated alkanes) is 1. The topological polar surface area (TPSA) is 17.1 Å². The average molecular weight is 244 g/mol. The number of carbonyl (C=O) groups is 1. The predicted octanol–water partition coefficient (Wildman–Crippen LogP) is 3.97. The Balaban J connectivity index is 1.59. The van der Waals surface area contributed by atoms with E-state index in [9.17, 15) is 4.79 Å². The van der Waals surface area contributed by atoms with Crippen molar-refractivity contribution in [3.8, 4) is 12.3 Å². The first kappa shape index (κ1) is 12.3. The second-order valence-corrected chi connectivity index (χ2v) is 7.19. The predicted molar refractivity (Wildman–Crippen MR) is 72.9 cm³/mol. The normalized spacial score (nSPS) is 40.7. The van der Waals surface area contributed by atoms with Crippen molar-refractivity contribution in [3.05, 3.63) is 0 Å². The van der Waals surface area contributed by atoms with Gasteiger partial charge in [0, 0.05) is 19.3 Å². The van der Waals surface area contributed by atoms with Crippen LogP contribution in [0.3, 0.4) is 0 Å². The van der Waals surface area contributed by atoms with E-state index in [1.54, 1.807) is 0 Å². The van der Waals surface area contributed by atoms with Crippen LogP contribution in [0.15, 0.2) is 0 Å². The highest BCUT2D eigenvalue weighted by molar-refractivity contribution is 5.79. The van der Waals surface area contributed by atoms with Gasteiger partial charge in [-0.05, 0) is 68.1 Å². The van der Waals surface area contributed by atoms with Gasteiger partial charge in [0.2, 0.25) is 0 Å². The van der Waals surface area contributed by atoms with Crippen molar-refractivity contribution in [2.24, 2.45) is 23.2 Å². The van der Waals surface area contributed by atoms with Gasteiger partial charge in [-0.25, -0.2) is 0 Å². The fourth-order valence-corrected chi connectivity index (χ4v) is 5.40. The maximum Gasteiger partial charge on any atom is 0.133 e. The summed E-state index contributed by atoms with van der Waals surface area (Å²) in [5.74, 6) is 5.97. The molecule has 0 aliphatic heterocycles. The molecule has 0 saturated heterocycles. The van der Waals surface area contributed by atoms with Gasteiger partial charge >= 0.3 is 0 Å². The molecule has 4 aliphatic carbocycles. The Bertz CT molecular complexity index is 338. The third-order valence-corrected chi connectivity index (χ3v) is 5.51. The first-order valence-electron chi connectivity index (χ1n) is 7.64. The molecule has 0 aromatic carbocycles. The van der Waals surface area contributed by atoms with Gasteiger partial charge in [-0.2, -0.15) is 0 Å². The summed E-state index contributed by atoms with van der Waals surface area (Å²) >= 11 is 0. The first-order chi connectivity index (χ1) is 8.69. The molecule has 0 unspecified atom stereocenters. The third kappa shape index (κ3) is 2.35. The quantitative estimate of drug-likeness (QED) is 0.528. The van der Waals surface area contributed by atoms with E-state index in [1.807, 2.05) is 0 Å². The van der Waals surface area contributed by atoms with Crippen molar-refractivity contribution in [1.29, 1.82) is 0 Å². The Morgan fingerprint density at radius 3 is 2.17 bits per heavy atom. The zero-order valence-corrected chi connectivity index (χ0v) is 11.3. The van der Waals surface area contributed by atoms with Gasteiger partial charge in [-0.3, -0.25) is 4.79 Å². The summed E-state index contributed by atoms with van der Waals surface area (Å²) in [5.41, 5.74) is 0.419. The van der Waals surface area contributed by atoms with Crippen molar-refractivity contribution in [1.82, 2.24) is 0 Å². The molecule has 0 amide bonds. The third-order valence-electron chi connectivity index (χ3n) is 5.51. The Kier molecular flexibility index (Phi) is 3.22. The molecule has 0 radical (unpaired) electrons. The molecule has 4 aliphatic rings. The van der Waals surface area contributed by atoms with Crippen LogP contribution in [-0.2, 0) is 4.79 Å². The van der Waals surface area contributed by atoms with Crippen LogP contribution in [0.1, 0.15) is 64.2 Å². The molecule has 0 aromatic heterocycles. The van der Waals surface area contributed by atoms with E-state index >= 15 is 0 Å². The lowest BCUT2D eigenvalue weighted by molar-refractivity contribution is -0.127. The molecule has 0 spiro atoms. The van der Waals surface area contributed by atoms with Crippen LogP contribution < -0.4 is 0 Å². The number of hydrogen-bond acceptors (Lipinski definition) is 1. The summed E-state index contributed by atoms with van der Waals surface area (Å²) in [4.78, 5) is 12.1. The lowest BCUT2D eigenvalue weighted by Crippen LogP contribution is -2.46. The van der Waals surface area contributed by atoms with Crippen molar-refractivity contribution in [2.45, 2.75) is 64.2 Å². The van der Waals surface area contributed by atoms with Crippen LogP contribution >= 0.6 is 0 Å². The molecule has 0 atom stereocenters. The molecule has 0 heterocycles. The second-order valence-electron chi connectivity index (χ2n) is 7.19. The largest absolute Gasteiger partial charge is 0.300 e. The second kappa shape index (κ2) is 4.72. The fourth-order valence-electron chi connectivity index (χ4n) is 5.40. The number of ketones is 1. The molecular formula is C17H24O. The Morgan fingerprint density at radius 1 is 1.11 bits per heavy atom. The molecule has 1 heteroatoms. The highest BCUT2D eigenvalue weighted by Gasteiger charge is 2.51. The average Bonchev–Trinajstić information content (AvgIpc) is 2.26. The lowest BCUT2D eigenvalue weighted by atomic mass is 9.48. The summed E-state index contributed by atoms with van der Waals surface area (Å²) in [6, 6.07) is 0. The fraction of sp³-hybridized carbons (Fsp3) is 0.824.